The molecule has 158 valence electrons. The van der Waals surface area contributed by atoms with E-state index in [1.54, 1.807) is 59.1 Å². The van der Waals surface area contributed by atoms with E-state index in [1.165, 1.54) is 4.90 Å². The van der Waals surface area contributed by atoms with E-state index in [1.807, 2.05) is 43.5 Å². The Balaban J connectivity index is 0.00000272. The van der Waals surface area contributed by atoms with Crippen LogP contribution in [0.25, 0.3) is 5.70 Å². The molecule has 3 aromatic rings. The number of nitrogens with one attached hydrogen (secondary N) is 1. The number of rotatable bonds is 5. The highest BCUT2D eigenvalue weighted by atomic mass is 35.5. The number of benzene rings is 2. The fraction of sp³-hybridized carbons (Fsp3) is 0.0870. The zero-order chi connectivity index (χ0) is 21.3. The average Bonchev–Trinajstić information content (AvgIpc) is 3.00. The molecule has 1 aromatic heterocycles. The summed E-state index contributed by atoms with van der Waals surface area (Å²) in [5, 5.41) is 3.71. The van der Waals surface area contributed by atoms with Crippen LogP contribution in [0.4, 0.5) is 11.4 Å². The van der Waals surface area contributed by atoms with Crippen LogP contribution in [0.2, 0.25) is 5.02 Å². The molecule has 0 saturated carbocycles. The molecule has 1 aliphatic heterocycles. The molecule has 5 nitrogen and oxygen atoms in total. The molecule has 2 aromatic carbocycles. The van der Waals surface area contributed by atoms with E-state index in [9.17, 15) is 9.59 Å². The van der Waals surface area contributed by atoms with Crippen molar-refractivity contribution in [2.24, 2.45) is 0 Å². The molecular formula is C23H19Cl2N3O2S. The summed E-state index contributed by atoms with van der Waals surface area (Å²) >= 11 is 7.53. The normalized spacial score (nSPS) is 13.5. The second kappa shape index (κ2) is 9.56. The van der Waals surface area contributed by atoms with Crippen LogP contribution in [0.1, 0.15) is 5.56 Å². The lowest BCUT2D eigenvalue weighted by Gasteiger charge is -2.15. The summed E-state index contributed by atoms with van der Waals surface area (Å²) in [7, 11) is 0. The third-order valence-electron chi connectivity index (χ3n) is 4.74. The lowest BCUT2D eigenvalue weighted by molar-refractivity contribution is -0.577. The maximum atomic E-state index is 13.4. The van der Waals surface area contributed by atoms with Crippen LogP contribution in [0.15, 0.2) is 83.6 Å². The number of thioether (sulfide) groups is 1. The summed E-state index contributed by atoms with van der Waals surface area (Å²) in [6.07, 6.45) is 5.51. The zero-order valence-electron chi connectivity index (χ0n) is 16.8. The molecule has 2 amide bonds. The minimum absolute atomic E-state index is 0. The third-order valence-corrected chi connectivity index (χ3v) is 5.72. The number of aryl methyl sites for hydroxylation is 1. The van der Waals surface area contributed by atoms with Crippen molar-refractivity contribution >= 4 is 52.2 Å². The van der Waals surface area contributed by atoms with Gasteiger partial charge in [0, 0.05) is 27.7 Å². The van der Waals surface area contributed by atoms with Crippen molar-refractivity contribution in [3.63, 3.8) is 0 Å². The number of imide groups is 1. The molecule has 1 N–H and O–H groups in total. The van der Waals surface area contributed by atoms with Gasteiger partial charge in [-0.2, -0.15) is 4.57 Å². The van der Waals surface area contributed by atoms with Gasteiger partial charge in [-0.15, -0.1) is 11.8 Å². The molecule has 0 saturated heterocycles. The van der Waals surface area contributed by atoms with Crippen LogP contribution < -0.4 is 27.2 Å². The van der Waals surface area contributed by atoms with Crippen LogP contribution >= 0.6 is 23.4 Å². The predicted molar refractivity (Wildman–Crippen MR) is 120 cm³/mol. The number of carbonyl (C=O) groups excluding carboxylic acids is 2. The number of nitrogens with zero attached hydrogens (tertiary/aromatic N) is 2. The number of amides is 2. The lowest BCUT2D eigenvalue weighted by Crippen LogP contribution is -3.00. The minimum Gasteiger partial charge on any atom is -1.00 e. The second-order valence-corrected chi connectivity index (χ2v) is 8.10. The molecule has 1 aliphatic rings. The summed E-state index contributed by atoms with van der Waals surface area (Å²) in [4.78, 5) is 29.0. The molecule has 0 radical (unpaired) electrons. The number of hydrogen-bond acceptors (Lipinski definition) is 4. The molecule has 2 heterocycles. The van der Waals surface area contributed by atoms with E-state index in [4.69, 9.17) is 11.6 Å². The van der Waals surface area contributed by atoms with Crippen LogP contribution in [0, 0.1) is 6.92 Å². The van der Waals surface area contributed by atoms with E-state index in [0.29, 0.717) is 16.4 Å². The van der Waals surface area contributed by atoms with Crippen LogP contribution in [0.3, 0.4) is 0 Å². The number of pyridine rings is 1. The number of anilines is 2. The maximum absolute atomic E-state index is 13.4. The van der Waals surface area contributed by atoms with E-state index in [2.05, 4.69) is 5.32 Å². The Labute approximate surface area is 196 Å². The van der Waals surface area contributed by atoms with Gasteiger partial charge in [-0.3, -0.25) is 9.59 Å². The lowest BCUT2D eigenvalue weighted by atomic mass is 10.2. The van der Waals surface area contributed by atoms with Gasteiger partial charge in [0.15, 0.2) is 18.1 Å². The van der Waals surface area contributed by atoms with Gasteiger partial charge in [0.05, 0.1) is 5.69 Å². The zero-order valence-corrected chi connectivity index (χ0v) is 19.1. The third kappa shape index (κ3) is 4.61. The van der Waals surface area contributed by atoms with Gasteiger partial charge in [0.2, 0.25) is 0 Å². The number of halogens is 2. The quantitative estimate of drug-likeness (QED) is 0.348. The first-order valence-electron chi connectivity index (χ1n) is 9.26. The Morgan fingerprint density at radius 1 is 0.968 bits per heavy atom. The number of hydrogen-bond donors (Lipinski definition) is 1. The summed E-state index contributed by atoms with van der Waals surface area (Å²) in [5.74, 6) is -0.792. The average molecular weight is 472 g/mol. The van der Waals surface area contributed by atoms with Crippen molar-refractivity contribution in [3.05, 3.63) is 89.3 Å². The van der Waals surface area contributed by atoms with E-state index < -0.39 is 5.91 Å². The highest BCUT2D eigenvalue weighted by Crippen LogP contribution is 2.30. The van der Waals surface area contributed by atoms with Crippen molar-refractivity contribution in [1.29, 1.82) is 0 Å². The molecular weight excluding hydrogens is 453 g/mol. The molecule has 0 fully saturated rings. The van der Waals surface area contributed by atoms with Gasteiger partial charge in [0.1, 0.15) is 0 Å². The van der Waals surface area contributed by atoms with Gasteiger partial charge >= 0.3 is 11.6 Å². The van der Waals surface area contributed by atoms with Gasteiger partial charge < -0.3 is 17.7 Å². The Bertz CT molecular complexity index is 1160. The number of aromatic nitrogens is 1. The maximum Gasteiger partial charge on any atom is 0.333 e. The molecule has 31 heavy (non-hydrogen) atoms. The smallest absolute Gasteiger partial charge is 0.333 e. The summed E-state index contributed by atoms with van der Waals surface area (Å²) in [6.45, 7) is 1.97. The molecule has 0 bridgehead atoms. The van der Waals surface area contributed by atoms with Crippen molar-refractivity contribution < 1.29 is 26.6 Å². The monoisotopic (exact) mass is 471 g/mol. The Kier molecular flexibility index (Phi) is 7.05. The molecule has 8 heteroatoms. The first kappa shape index (κ1) is 22.9. The van der Waals surface area contributed by atoms with Crippen LogP contribution in [-0.4, -0.2) is 18.1 Å². The van der Waals surface area contributed by atoms with Gasteiger partial charge in [-0.25, -0.2) is 4.90 Å². The predicted octanol–water partition coefficient (Wildman–Crippen LogP) is 1.52. The molecule has 4 rings (SSSR count). The summed E-state index contributed by atoms with van der Waals surface area (Å²) < 4.78 is 1.67. The Morgan fingerprint density at radius 2 is 1.65 bits per heavy atom. The summed E-state index contributed by atoms with van der Waals surface area (Å²) in [6, 6.07) is 18.1. The van der Waals surface area contributed by atoms with Crippen LogP contribution in [0.5, 0.6) is 0 Å². The highest BCUT2D eigenvalue weighted by molar-refractivity contribution is 7.98. The fourth-order valence-corrected chi connectivity index (χ4v) is 3.76. The SMILES string of the molecule is CSc1cccc(N2C(=O)C(Nc3ccc(Cl)cc3)=C([n+]3ccc(C)cc3)C2=O)c1.[Cl-]. The first-order valence-corrected chi connectivity index (χ1v) is 10.9. The largest absolute Gasteiger partial charge is 1.00 e. The first-order chi connectivity index (χ1) is 14.5. The van der Waals surface area contributed by atoms with E-state index in [0.717, 1.165) is 10.5 Å². The second-order valence-electron chi connectivity index (χ2n) is 6.79. The van der Waals surface area contributed by atoms with Gasteiger partial charge in [-0.05, 0) is 61.2 Å². The molecule has 0 aliphatic carbocycles. The fourth-order valence-electron chi connectivity index (χ4n) is 3.18. The van der Waals surface area contributed by atoms with Crippen molar-refractivity contribution in [1.82, 2.24) is 0 Å². The molecule has 0 spiro atoms. The minimum atomic E-state index is -0.406. The van der Waals surface area contributed by atoms with Crippen molar-refractivity contribution in [2.75, 3.05) is 16.5 Å². The Hall–Kier alpha value is -2.80. The number of carbonyl (C=O) groups is 2. The van der Waals surface area contributed by atoms with E-state index in [-0.39, 0.29) is 29.7 Å². The molecule has 0 atom stereocenters. The topological polar surface area (TPSA) is 53.3 Å². The standard InChI is InChI=1S/C23H18ClN3O2S.ClH/c1-15-10-12-26(13-11-15)21-20(25-17-8-6-16(24)7-9-17)22(28)27(23(21)29)18-4-3-5-19(14-18)30-2;/h3-14H,1-2H3;1H. The van der Waals surface area contributed by atoms with E-state index >= 15 is 0 Å². The summed E-state index contributed by atoms with van der Waals surface area (Å²) in [5.41, 5.74) is 2.74. The van der Waals surface area contributed by atoms with Crippen LogP contribution in [-0.2, 0) is 9.59 Å². The Morgan fingerprint density at radius 3 is 2.29 bits per heavy atom. The van der Waals surface area contributed by atoms with Gasteiger partial charge in [0.25, 0.3) is 5.91 Å². The highest BCUT2D eigenvalue weighted by Gasteiger charge is 2.46. The van der Waals surface area contributed by atoms with Crippen molar-refractivity contribution in [2.45, 2.75) is 11.8 Å². The van der Waals surface area contributed by atoms with Gasteiger partial charge in [-0.1, -0.05) is 17.7 Å². The van der Waals surface area contributed by atoms with Crippen molar-refractivity contribution in [3.8, 4) is 0 Å². The molecule has 0 unspecified atom stereocenters.